The number of pyridine rings is 1. The Morgan fingerprint density at radius 3 is 2.30 bits per heavy atom. The quantitative estimate of drug-likeness (QED) is 0.154. The van der Waals surface area contributed by atoms with Gasteiger partial charge in [0.05, 0.1) is 65.6 Å². The molecule has 4 aliphatic heterocycles. The highest BCUT2D eigenvalue weighted by Crippen LogP contribution is 2.45. The molecule has 1 aromatic carbocycles. The second-order valence-corrected chi connectivity index (χ2v) is 22.8. The predicted molar refractivity (Wildman–Crippen MR) is 276 cm³/mol. The number of carbonyl (C=O) groups excluding carboxylic acids is 1. The van der Waals surface area contributed by atoms with Crippen molar-refractivity contribution in [3.05, 3.63) is 66.2 Å². The van der Waals surface area contributed by atoms with E-state index in [1.165, 1.54) is 14.0 Å². The summed E-state index contributed by atoms with van der Waals surface area (Å²) in [7, 11) is 5.33. The number of benzene rings is 1. The first-order chi connectivity index (χ1) is 34.9. The number of likely N-dealkylation sites (N-methyl/N-ethyl adjacent to an activating group) is 2. The molecule has 5 N–H and O–H groups in total. The van der Waals surface area contributed by atoms with Gasteiger partial charge in [0, 0.05) is 63.4 Å². The number of aromatic nitrogens is 4. The smallest absolute Gasteiger partial charge is 0.309 e. The third-order valence-corrected chi connectivity index (χ3v) is 16.9. The van der Waals surface area contributed by atoms with Crippen LogP contribution in [0, 0.1) is 23.7 Å². The minimum atomic E-state index is -1.82. The summed E-state index contributed by atoms with van der Waals surface area (Å²) in [6.45, 7) is 18.9. The van der Waals surface area contributed by atoms with E-state index in [1.807, 2.05) is 102 Å². The van der Waals surface area contributed by atoms with Crippen LogP contribution >= 0.6 is 0 Å². The standard InChI is InChI=1S/C55H85N7O12/c1-14-44-55(10,68)48(64)35(6)61(12)29-31(2)26-53(8,67)50(33(4)46(34(5)51(66)72-44)43-27-54(9,69-13)49(65)36(7)71-43)73-52-47(63)42(24-32(3)70-52)60(11)23-21-40-30-62(59-57-40)45-25-41(58-74-45)38-19-17-37(18-20-38)39-16-15-22-56-28-39/h15-20,22,28,30-36,42-50,52,63-65,67-68H,14,21,23-27,29H2,1-13H3/t31-,32-,33+,34-,35-,36+,42+,43?,44-,45-,46+,47-,48-,49+,50-,52+,53-,54-,55-/m1/s1. The Kier molecular flexibility index (Phi) is 18.5. The molecule has 74 heavy (non-hydrogen) atoms. The number of nitrogens with zero attached hydrogens (tertiary/aromatic N) is 7. The molecule has 0 aliphatic carbocycles. The molecule has 2 aromatic heterocycles. The van der Waals surface area contributed by atoms with Gasteiger partial charge in [0.25, 0.3) is 0 Å². The van der Waals surface area contributed by atoms with E-state index < -0.39 is 108 Å². The van der Waals surface area contributed by atoms with Crippen molar-refractivity contribution >= 4 is 11.7 Å². The Hall–Kier alpha value is -3.99. The molecule has 7 rings (SSSR count). The molecule has 0 bridgehead atoms. The minimum absolute atomic E-state index is 0.176. The first-order valence-electron chi connectivity index (χ1n) is 26.6. The number of cyclic esters (lactones) is 1. The number of hydrogen-bond acceptors (Lipinski definition) is 18. The van der Waals surface area contributed by atoms with Crippen LogP contribution in [0.5, 0.6) is 0 Å². The van der Waals surface area contributed by atoms with Crippen LogP contribution in [-0.4, -0.2) is 185 Å². The van der Waals surface area contributed by atoms with Crippen molar-refractivity contribution in [1.29, 1.82) is 0 Å². The van der Waals surface area contributed by atoms with E-state index in [0.29, 0.717) is 32.4 Å². The summed E-state index contributed by atoms with van der Waals surface area (Å²) in [6, 6.07) is 11.1. The van der Waals surface area contributed by atoms with Crippen LogP contribution in [0.4, 0.5) is 0 Å². The van der Waals surface area contributed by atoms with E-state index in [9.17, 15) is 30.3 Å². The summed E-state index contributed by atoms with van der Waals surface area (Å²) in [4.78, 5) is 28.7. The zero-order chi connectivity index (χ0) is 54.0. The van der Waals surface area contributed by atoms with Crippen LogP contribution < -0.4 is 0 Å². The van der Waals surface area contributed by atoms with Crippen LogP contribution in [0.3, 0.4) is 0 Å². The number of esters is 1. The highest BCUT2D eigenvalue weighted by molar-refractivity contribution is 6.01. The van der Waals surface area contributed by atoms with Crippen LogP contribution in [0.25, 0.3) is 11.1 Å². The average molecular weight is 1040 g/mol. The zero-order valence-corrected chi connectivity index (χ0v) is 45.8. The van der Waals surface area contributed by atoms with Crippen LogP contribution in [0.1, 0.15) is 119 Å². The van der Waals surface area contributed by atoms with Crippen molar-refractivity contribution in [3.63, 3.8) is 0 Å². The molecule has 6 heterocycles. The van der Waals surface area contributed by atoms with Crippen molar-refractivity contribution in [2.24, 2.45) is 28.8 Å². The average Bonchev–Trinajstić information content (AvgIpc) is 4.06. The number of aliphatic hydroxyl groups is 5. The molecule has 19 nitrogen and oxygen atoms in total. The highest BCUT2D eigenvalue weighted by atomic mass is 16.7. The molecule has 0 saturated carbocycles. The molecule has 4 aliphatic rings. The largest absolute Gasteiger partial charge is 0.459 e. The number of hydrogen-bond donors (Lipinski definition) is 5. The lowest BCUT2D eigenvalue weighted by Crippen LogP contribution is -2.62. The molecule has 1 unspecified atom stereocenters. The Labute approximate surface area is 437 Å². The number of carbonyl (C=O) groups is 1. The maximum absolute atomic E-state index is 14.6. The summed E-state index contributed by atoms with van der Waals surface area (Å²) >= 11 is 0. The Bertz CT molecular complexity index is 2320. The fourth-order valence-corrected chi connectivity index (χ4v) is 12.3. The van der Waals surface area contributed by atoms with E-state index in [0.717, 1.165) is 28.1 Å². The van der Waals surface area contributed by atoms with Crippen molar-refractivity contribution < 1.29 is 58.8 Å². The first-order valence-corrected chi connectivity index (χ1v) is 26.6. The second kappa shape index (κ2) is 23.7. The fourth-order valence-electron chi connectivity index (χ4n) is 12.3. The molecule has 19 heteroatoms. The summed E-state index contributed by atoms with van der Waals surface area (Å²) in [6.07, 6.45) is -1.38. The Morgan fingerprint density at radius 2 is 1.64 bits per heavy atom. The molecule has 3 saturated heterocycles. The molecular formula is C55H85N7O12. The monoisotopic (exact) mass is 1040 g/mol. The lowest BCUT2D eigenvalue weighted by Gasteiger charge is -2.51. The molecule has 19 atom stereocenters. The van der Waals surface area contributed by atoms with Crippen molar-refractivity contribution in [3.8, 4) is 11.1 Å². The van der Waals surface area contributed by atoms with Crippen molar-refractivity contribution in [2.45, 2.75) is 198 Å². The van der Waals surface area contributed by atoms with Gasteiger partial charge in [0.2, 0.25) is 6.23 Å². The van der Waals surface area contributed by atoms with E-state index in [-0.39, 0.29) is 31.3 Å². The van der Waals surface area contributed by atoms with Gasteiger partial charge >= 0.3 is 5.97 Å². The van der Waals surface area contributed by atoms with E-state index in [1.54, 1.807) is 38.6 Å². The molecule has 0 radical (unpaired) electrons. The number of oxime groups is 1. The predicted octanol–water partition coefficient (Wildman–Crippen LogP) is 4.76. The number of rotatable bonds is 12. The van der Waals surface area contributed by atoms with Crippen LogP contribution in [-0.2, 0) is 39.7 Å². The fraction of sp³-hybridized carbons (Fsp3) is 0.727. The van der Waals surface area contributed by atoms with E-state index in [2.05, 4.69) is 25.4 Å². The maximum Gasteiger partial charge on any atom is 0.309 e. The van der Waals surface area contributed by atoms with Gasteiger partial charge in [-0.05, 0) is 109 Å². The number of aliphatic hydroxyl groups excluding tert-OH is 3. The van der Waals surface area contributed by atoms with Gasteiger partial charge in [-0.3, -0.25) is 9.78 Å². The van der Waals surface area contributed by atoms with Gasteiger partial charge in [-0.25, -0.2) is 4.68 Å². The van der Waals surface area contributed by atoms with E-state index in [4.69, 9.17) is 28.5 Å². The van der Waals surface area contributed by atoms with Gasteiger partial charge in [-0.15, -0.1) is 5.10 Å². The van der Waals surface area contributed by atoms with Gasteiger partial charge in [0.1, 0.15) is 30.0 Å². The SMILES string of the molecule is CC[C@H]1OC(=O)[C@H](C)[C@@H](C2C[C@@](C)(OC)[C@@H](O)[C@H](C)O2)[C@H](C)[C@@H](O[C@@H]2O[C@H](C)C[C@H](N(C)CCc3cn([C@H]4CC(c5ccc(-c6cccnc6)cc5)=NO4)nn3)[C@H]2O)[C@](C)(O)C[C@@H](C)CN(C)[C@H](C)[C@@H](O)[C@]1(C)O. The van der Waals surface area contributed by atoms with Crippen LogP contribution in [0.2, 0.25) is 0 Å². The van der Waals surface area contributed by atoms with Crippen LogP contribution in [0.15, 0.2) is 60.1 Å². The van der Waals surface area contributed by atoms with Crippen molar-refractivity contribution in [2.75, 3.05) is 34.3 Å². The Balaban J connectivity index is 1.10. The third-order valence-electron chi connectivity index (χ3n) is 16.9. The number of methoxy groups -OCH3 is 1. The lowest BCUT2D eigenvalue weighted by molar-refractivity contribution is -0.302. The van der Waals surface area contributed by atoms with Gasteiger partial charge < -0.3 is 63.9 Å². The van der Waals surface area contributed by atoms with Gasteiger partial charge in [-0.2, -0.15) is 0 Å². The topological polar surface area (TPSA) is 236 Å². The number of ether oxygens (including phenoxy) is 5. The maximum atomic E-state index is 14.6. The summed E-state index contributed by atoms with van der Waals surface area (Å²) in [5.74, 6) is -3.16. The van der Waals surface area contributed by atoms with Gasteiger partial charge in [-0.1, -0.05) is 68.4 Å². The van der Waals surface area contributed by atoms with Crippen molar-refractivity contribution in [1.82, 2.24) is 29.8 Å². The zero-order valence-electron chi connectivity index (χ0n) is 45.8. The molecular weight excluding hydrogens is 951 g/mol. The summed E-state index contributed by atoms with van der Waals surface area (Å²) < 4.78 is 34.0. The molecule has 3 fully saturated rings. The summed E-state index contributed by atoms with van der Waals surface area (Å²) in [5.41, 5.74) is 0.138. The second-order valence-electron chi connectivity index (χ2n) is 22.8. The first kappa shape index (κ1) is 57.7. The lowest BCUT2D eigenvalue weighted by atomic mass is 9.68. The molecule has 412 valence electrons. The van der Waals surface area contributed by atoms with Gasteiger partial charge in [0.15, 0.2) is 6.29 Å². The third kappa shape index (κ3) is 12.5. The Morgan fingerprint density at radius 1 is 0.932 bits per heavy atom. The summed E-state index contributed by atoms with van der Waals surface area (Å²) in [5, 5.41) is 73.5. The highest BCUT2D eigenvalue weighted by Gasteiger charge is 2.55. The normalized spacial score (nSPS) is 40.2. The minimum Gasteiger partial charge on any atom is -0.459 e. The molecule has 0 amide bonds. The van der Waals surface area contributed by atoms with E-state index >= 15 is 0 Å². The molecule has 0 spiro atoms. The molecule has 3 aromatic rings.